The molecule has 0 radical (unpaired) electrons. The molecule has 1 N–H and O–H groups in total. The fourth-order valence-corrected chi connectivity index (χ4v) is 2.79. The first-order valence-corrected chi connectivity index (χ1v) is 8.37. The highest BCUT2D eigenvalue weighted by Gasteiger charge is 2.12. The van der Waals surface area contributed by atoms with Gasteiger partial charge in [0, 0.05) is 31.4 Å². The highest BCUT2D eigenvalue weighted by atomic mass is 16.3. The van der Waals surface area contributed by atoms with E-state index in [1.165, 1.54) is 0 Å². The number of nitrogens with zero attached hydrogens (tertiary/aromatic N) is 3. The van der Waals surface area contributed by atoms with Crippen LogP contribution in [0, 0.1) is 0 Å². The van der Waals surface area contributed by atoms with Gasteiger partial charge in [0.1, 0.15) is 11.3 Å². The molecule has 2 aromatic carbocycles. The van der Waals surface area contributed by atoms with Crippen LogP contribution in [0.4, 0.5) is 0 Å². The van der Waals surface area contributed by atoms with Gasteiger partial charge >= 0.3 is 0 Å². The van der Waals surface area contributed by atoms with Gasteiger partial charge in [-0.2, -0.15) is 0 Å². The number of hydrogen-bond acceptors (Lipinski definition) is 4. The zero-order valence-electron chi connectivity index (χ0n) is 14.3. The van der Waals surface area contributed by atoms with Gasteiger partial charge in [-0.3, -0.25) is 4.79 Å². The molecule has 0 aliphatic heterocycles. The van der Waals surface area contributed by atoms with Crippen molar-refractivity contribution in [3.8, 4) is 0 Å². The molecule has 0 saturated carbocycles. The topological polar surface area (TPSA) is 73.0 Å². The lowest BCUT2D eigenvalue weighted by molar-refractivity contribution is 0.0949. The Morgan fingerprint density at radius 2 is 2.04 bits per heavy atom. The highest BCUT2D eigenvalue weighted by Crippen LogP contribution is 2.19. The average Bonchev–Trinajstić information content (AvgIpc) is 3.25. The molecule has 4 aromatic rings. The van der Waals surface area contributed by atoms with Gasteiger partial charge < -0.3 is 14.3 Å². The maximum atomic E-state index is 12.4. The second-order valence-electron chi connectivity index (χ2n) is 6.09. The quantitative estimate of drug-likeness (QED) is 0.603. The van der Waals surface area contributed by atoms with Crippen LogP contribution >= 0.6 is 0 Å². The van der Waals surface area contributed by atoms with Crippen molar-refractivity contribution in [2.75, 3.05) is 0 Å². The number of carbonyl (C=O) groups is 1. The van der Waals surface area contributed by atoms with Gasteiger partial charge in [-0.25, -0.2) is 9.97 Å². The molecular formula is C20H18N4O2. The van der Waals surface area contributed by atoms with E-state index < -0.39 is 0 Å². The number of nitrogens with one attached hydrogen (secondary N) is 1. The molecule has 130 valence electrons. The summed E-state index contributed by atoms with van der Waals surface area (Å²) in [5.74, 6) is 1.27. The summed E-state index contributed by atoms with van der Waals surface area (Å²) >= 11 is 0. The van der Waals surface area contributed by atoms with E-state index in [0.717, 1.165) is 11.4 Å². The van der Waals surface area contributed by atoms with E-state index in [1.807, 2.05) is 48.1 Å². The molecular weight excluding hydrogens is 328 g/mol. The molecule has 2 aromatic heterocycles. The van der Waals surface area contributed by atoms with E-state index in [4.69, 9.17) is 4.42 Å². The molecule has 6 heteroatoms. The molecule has 0 aliphatic rings. The Balaban J connectivity index is 1.50. The first kappa shape index (κ1) is 16.1. The average molecular weight is 346 g/mol. The Kier molecular flexibility index (Phi) is 4.23. The molecule has 0 aliphatic carbocycles. The maximum Gasteiger partial charge on any atom is 0.251 e. The molecule has 0 spiro atoms. The van der Waals surface area contributed by atoms with Crippen LogP contribution in [0.25, 0.3) is 11.1 Å². The zero-order chi connectivity index (χ0) is 17.9. The summed E-state index contributed by atoms with van der Waals surface area (Å²) in [6.45, 7) is 0.373. The molecule has 6 nitrogen and oxygen atoms in total. The summed E-state index contributed by atoms with van der Waals surface area (Å²) in [7, 11) is 1.89. The largest absolute Gasteiger partial charge is 0.440 e. The SMILES string of the molecule is Cn1ccnc1CNC(=O)c1ccc2oc(Cc3ccccc3)nc2c1. The van der Waals surface area contributed by atoms with Gasteiger partial charge in [-0.05, 0) is 23.8 Å². The first-order valence-electron chi connectivity index (χ1n) is 8.37. The van der Waals surface area contributed by atoms with Crippen LogP contribution in [-0.2, 0) is 20.0 Å². The van der Waals surface area contributed by atoms with Crippen molar-refractivity contribution in [3.05, 3.63) is 83.8 Å². The Hall–Kier alpha value is -3.41. The van der Waals surface area contributed by atoms with Gasteiger partial charge in [0.15, 0.2) is 11.5 Å². The van der Waals surface area contributed by atoms with E-state index in [1.54, 1.807) is 24.4 Å². The Labute approximate surface area is 150 Å². The van der Waals surface area contributed by atoms with Crippen molar-refractivity contribution in [1.29, 1.82) is 0 Å². The molecule has 4 rings (SSSR count). The summed E-state index contributed by atoms with van der Waals surface area (Å²) in [5, 5.41) is 2.87. The van der Waals surface area contributed by atoms with Crippen molar-refractivity contribution < 1.29 is 9.21 Å². The minimum atomic E-state index is -0.164. The number of aryl methyl sites for hydroxylation is 1. The predicted molar refractivity (Wildman–Crippen MR) is 97.6 cm³/mol. The summed E-state index contributed by atoms with van der Waals surface area (Å²) in [6, 6.07) is 15.3. The second kappa shape index (κ2) is 6.84. The molecule has 26 heavy (non-hydrogen) atoms. The minimum absolute atomic E-state index is 0.164. The van der Waals surface area contributed by atoms with Crippen molar-refractivity contribution in [2.45, 2.75) is 13.0 Å². The standard InChI is InChI=1S/C20H18N4O2/c1-24-10-9-21-18(24)13-22-20(25)15-7-8-17-16(12-15)23-19(26-17)11-14-5-3-2-4-6-14/h2-10,12H,11,13H2,1H3,(H,22,25). The van der Waals surface area contributed by atoms with Crippen LogP contribution in [-0.4, -0.2) is 20.4 Å². The van der Waals surface area contributed by atoms with Crippen LogP contribution in [0.2, 0.25) is 0 Å². The third-order valence-corrected chi connectivity index (χ3v) is 4.22. The molecule has 0 atom stereocenters. The van der Waals surface area contributed by atoms with Gasteiger partial charge in [0.2, 0.25) is 0 Å². The van der Waals surface area contributed by atoms with Crippen LogP contribution in [0.3, 0.4) is 0 Å². The number of oxazole rings is 1. The maximum absolute atomic E-state index is 12.4. The number of imidazole rings is 1. The van der Waals surface area contributed by atoms with Gasteiger partial charge in [0.25, 0.3) is 5.91 Å². The Bertz CT molecular complexity index is 1050. The van der Waals surface area contributed by atoms with E-state index in [2.05, 4.69) is 15.3 Å². The van der Waals surface area contributed by atoms with Crippen molar-refractivity contribution in [1.82, 2.24) is 19.9 Å². The summed E-state index contributed by atoms with van der Waals surface area (Å²) < 4.78 is 7.66. The fourth-order valence-electron chi connectivity index (χ4n) is 2.79. The van der Waals surface area contributed by atoms with Crippen LogP contribution in [0.15, 0.2) is 65.3 Å². The number of fused-ring (bicyclic) bond motifs is 1. The zero-order valence-corrected chi connectivity index (χ0v) is 14.3. The number of rotatable bonds is 5. The summed E-state index contributed by atoms with van der Waals surface area (Å²) in [4.78, 5) is 21.1. The Morgan fingerprint density at radius 3 is 2.81 bits per heavy atom. The number of aromatic nitrogens is 3. The predicted octanol–water partition coefficient (Wildman–Crippen LogP) is 3.08. The highest BCUT2D eigenvalue weighted by molar-refractivity contribution is 5.97. The van der Waals surface area contributed by atoms with Crippen LogP contribution in [0.5, 0.6) is 0 Å². The van der Waals surface area contributed by atoms with Gasteiger partial charge in [-0.15, -0.1) is 0 Å². The molecule has 2 heterocycles. The van der Waals surface area contributed by atoms with E-state index in [0.29, 0.717) is 35.5 Å². The van der Waals surface area contributed by atoms with E-state index in [-0.39, 0.29) is 5.91 Å². The lowest BCUT2D eigenvalue weighted by atomic mass is 10.1. The first-order chi connectivity index (χ1) is 12.7. The lowest BCUT2D eigenvalue weighted by Crippen LogP contribution is -2.24. The number of benzene rings is 2. The third-order valence-electron chi connectivity index (χ3n) is 4.22. The molecule has 0 unspecified atom stereocenters. The lowest BCUT2D eigenvalue weighted by Gasteiger charge is -2.05. The summed E-state index contributed by atoms with van der Waals surface area (Å²) in [6.07, 6.45) is 4.17. The Morgan fingerprint density at radius 1 is 1.19 bits per heavy atom. The summed E-state index contributed by atoms with van der Waals surface area (Å²) in [5.41, 5.74) is 3.04. The molecule has 0 fully saturated rings. The van der Waals surface area contributed by atoms with Crippen molar-refractivity contribution >= 4 is 17.0 Å². The molecule has 1 amide bonds. The van der Waals surface area contributed by atoms with Crippen molar-refractivity contribution in [3.63, 3.8) is 0 Å². The van der Waals surface area contributed by atoms with Crippen LogP contribution in [0.1, 0.15) is 27.6 Å². The third kappa shape index (κ3) is 3.35. The normalized spacial score (nSPS) is 11.0. The van der Waals surface area contributed by atoms with Crippen LogP contribution < -0.4 is 5.32 Å². The number of carbonyl (C=O) groups excluding carboxylic acids is 1. The monoisotopic (exact) mass is 346 g/mol. The molecule has 0 saturated heterocycles. The number of hydrogen-bond donors (Lipinski definition) is 1. The molecule has 0 bridgehead atoms. The van der Waals surface area contributed by atoms with E-state index >= 15 is 0 Å². The number of amides is 1. The van der Waals surface area contributed by atoms with Crippen molar-refractivity contribution in [2.24, 2.45) is 7.05 Å². The fraction of sp³-hybridized carbons (Fsp3) is 0.150. The smallest absolute Gasteiger partial charge is 0.251 e. The van der Waals surface area contributed by atoms with Gasteiger partial charge in [-0.1, -0.05) is 30.3 Å². The van der Waals surface area contributed by atoms with Gasteiger partial charge in [0.05, 0.1) is 6.54 Å². The minimum Gasteiger partial charge on any atom is -0.440 e. The second-order valence-corrected chi connectivity index (χ2v) is 6.09. The van der Waals surface area contributed by atoms with E-state index in [9.17, 15) is 4.79 Å².